The lowest BCUT2D eigenvalue weighted by molar-refractivity contribution is 0.197. The first-order chi connectivity index (χ1) is 8.59. The third kappa shape index (κ3) is 3.70. The van der Waals surface area contributed by atoms with Crippen LogP contribution in [0.3, 0.4) is 0 Å². The maximum absolute atomic E-state index is 5.14. The standard InChI is InChI=1S/C15H24N2O/c1-15(2)7-4-5-13(10-15)17-11-12-6-8-16-14(9-12)18-3/h6,8-9,13,17H,4-5,7,10-11H2,1-3H3. The maximum atomic E-state index is 5.14. The second-order valence-corrected chi connectivity index (χ2v) is 6.04. The zero-order valence-electron chi connectivity index (χ0n) is 11.7. The molecule has 1 unspecified atom stereocenters. The average Bonchev–Trinajstić information content (AvgIpc) is 2.35. The van der Waals surface area contributed by atoms with Crippen molar-refractivity contribution in [3.05, 3.63) is 23.9 Å². The molecule has 1 aromatic rings. The van der Waals surface area contributed by atoms with E-state index in [1.807, 2.05) is 12.1 Å². The summed E-state index contributed by atoms with van der Waals surface area (Å²) in [6, 6.07) is 4.69. The predicted molar refractivity (Wildman–Crippen MR) is 73.7 cm³/mol. The van der Waals surface area contributed by atoms with E-state index in [0.29, 0.717) is 17.3 Å². The fourth-order valence-electron chi connectivity index (χ4n) is 2.81. The topological polar surface area (TPSA) is 34.1 Å². The summed E-state index contributed by atoms with van der Waals surface area (Å²) in [5, 5.41) is 3.66. The van der Waals surface area contributed by atoms with E-state index < -0.39 is 0 Å². The predicted octanol–water partition coefficient (Wildman–Crippen LogP) is 3.15. The number of hydrogen-bond donors (Lipinski definition) is 1. The average molecular weight is 248 g/mol. The second-order valence-electron chi connectivity index (χ2n) is 6.04. The highest BCUT2D eigenvalue weighted by Crippen LogP contribution is 2.35. The summed E-state index contributed by atoms with van der Waals surface area (Å²) < 4.78 is 5.14. The molecule has 1 aliphatic carbocycles. The molecule has 1 heterocycles. The Kier molecular flexibility index (Phi) is 4.23. The van der Waals surface area contributed by atoms with E-state index in [9.17, 15) is 0 Å². The van der Waals surface area contributed by atoms with E-state index in [0.717, 1.165) is 6.54 Å². The summed E-state index contributed by atoms with van der Waals surface area (Å²) in [5.74, 6) is 0.693. The van der Waals surface area contributed by atoms with E-state index in [1.54, 1.807) is 13.3 Å². The van der Waals surface area contributed by atoms with Crippen molar-refractivity contribution < 1.29 is 4.74 Å². The van der Waals surface area contributed by atoms with Gasteiger partial charge in [-0.3, -0.25) is 0 Å². The summed E-state index contributed by atoms with van der Waals surface area (Å²) in [4.78, 5) is 4.13. The Morgan fingerprint density at radius 3 is 3.06 bits per heavy atom. The Labute approximate surface area is 110 Å². The van der Waals surface area contributed by atoms with Crippen molar-refractivity contribution in [1.82, 2.24) is 10.3 Å². The molecule has 1 aliphatic rings. The van der Waals surface area contributed by atoms with E-state index in [4.69, 9.17) is 4.74 Å². The van der Waals surface area contributed by atoms with Gasteiger partial charge in [0.2, 0.25) is 5.88 Å². The van der Waals surface area contributed by atoms with Crippen molar-refractivity contribution >= 4 is 0 Å². The molecule has 0 radical (unpaired) electrons. The zero-order valence-corrected chi connectivity index (χ0v) is 11.7. The van der Waals surface area contributed by atoms with Crippen molar-refractivity contribution in [2.45, 2.75) is 52.1 Å². The molecule has 0 amide bonds. The molecule has 1 saturated carbocycles. The summed E-state index contributed by atoms with van der Waals surface area (Å²) in [6.07, 6.45) is 7.07. The van der Waals surface area contributed by atoms with Crippen LogP contribution in [0.25, 0.3) is 0 Å². The Hall–Kier alpha value is -1.09. The first-order valence-corrected chi connectivity index (χ1v) is 6.81. The van der Waals surface area contributed by atoms with Crippen molar-refractivity contribution in [1.29, 1.82) is 0 Å². The number of methoxy groups -OCH3 is 1. The number of nitrogens with zero attached hydrogens (tertiary/aromatic N) is 1. The van der Waals surface area contributed by atoms with Gasteiger partial charge in [-0.1, -0.05) is 20.3 Å². The Morgan fingerprint density at radius 1 is 1.50 bits per heavy atom. The minimum atomic E-state index is 0.492. The van der Waals surface area contributed by atoms with Gasteiger partial charge in [-0.15, -0.1) is 0 Å². The van der Waals surface area contributed by atoms with Crippen LogP contribution in [0.2, 0.25) is 0 Å². The first-order valence-electron chi connectivity index (χ1n) is 6.81. The fourth-order valence-corrected chi connectivity index (χ4v) is 2.81. The van der Waals surface area contributed by atoms with Gasteiger partial charge in [0.1, 0.15) is 0 Å². The molecule has 100 valence electrons. The molecule has 0 aliphatic heterocycles. The summed E-state index contributed by atoms with van der Waals surface area (Å²) >= 11 is 0. The lowest BCUT2D eigenvalue weighted by atomic mass is 9.75. The molecule has 1 N–H and O–H groups in total. The molecule has 0 bridgehead atoms. The molecule has 18 heavy (non-hydrogen) atoms. The molecule has 1 aromatic heterocycles. The minimum absolute atomic E-state index is 0.492. The van der Waals surface area contributed by atoms with Crippen molar-refractivity contribution in [2.24, 2.45) is 5.41 Å². The molecule has 3 heteroatoms. The molecule has 1 fully saturated rings. The fraction of sp³-hybridized carbons (Fsp3) is 0.667. The lowest BCUT2D eigenvalue weighted by Crippen LogP contribution is -2.36. The third-order valence-electron chi connectivity index (χ3n) is 3.81. The molecular weight excluding hydrogens is 224 g/mol. The summed E-state index contributed by atoms with van der Waals surface area (Å²) in [5.41, 5.74) is 1.73. The van der Waals surface area contributed by atoms with Crippen LogP contribution < -0.4 is 10.1 Å². The Morgan fingerprint density at radius 2 is 2.33 bits per heavy atom. The summed E-state index contributed by atoms with van der Waals surface area (Å²) in [6.45, 7) is 5.65. The molecule has 2 rings (SSSR count). The molecule has 1 atom stereocenters. The summed E-state index contributed by atoms with van der Waals surface area (Å²) in [7, 11) is 1.66. The highest BCUT2D eigenvalue weighted by Gasteiger charge is 2.27. The number of ether oxygens (including phenoxy) is 1. The minimum Gasteiger partial charge on any atom is -0.481 e. The van der Waals surface area contributed by atoms with Crippen molar-refractivity contribution in [3.63, 3.8) is 0 Å². The van der Waals surface area contributed by atoms with Gasteiger partial charge in [0.25, 0.3) is 0 Å². The highest BCUT2D eigenvalue weighted by atomic mass is 16.5. The molecular formula is C15H24N2O. The lowest BCUT2D eigenvalue weighted by Gasteiger charge is -2.35. The Balaban J connectivity index is 1.87. The van der Waals surface area contributed by atoms with Gasteiger partial charge >= 0.3 is 0 Å². The first kappa shape index (κ1) is 13.3. The normalized spacial score (nSPS) is 22.7. The second kappa shape index (κ2) is 5.70. The van der Waals surface area contributed by atoms with Crippen LogP contribution in [-0.4, -0.2) is 18.1 Å². The number of nitrogens with one attached hydrogen (secondary N) is 1. The van der Waals surface area contributed by atoms with Crippen LogP contribution >= 0.6 is 0 Å². The monoisotopic (exact) mass is 248 g/mol. The Bertz CT molecular complexity index is 390. The van der Waals surface area contributed by atoms with Gasteiger partial charge in [-0.2, -0.15) is 0 Å². The number of hydrogen-bond acceptors (Lipinski definition) is 3. The van der Waals surface area contributed by atoms with Crippen molar-refractivity contribution in [3.8, 4) is 5.88 Å². The van der Waals surface area contributed by atoms with Gasteiger partial charge in [-0.25, -0.2) is 4.98 Å². The van der Waals surface area contributed by atoms with E-state index in [-0.39, 0.29) is 0 Å². The number of rotatable bonds is 4. The molecule has 0 spiro atoms. The SMILES string of the molecule is COc1cc(CNC2CCCC(C)(C)C2)ccn1. The van der Waals surface area contributed by atoms with Gasteiger partial charge in [0.05, 0.1) is 7.11 Å². The van der Waals surface area contributed by atoms with Gasteiger partial charge in [0, 0.05) is 24.8 Å². The smallest absolute Gasteiger partial charge is 0.213 e. The van der Waals surface area contributed by atoms with Crippen molar-refractivity contribution in [2.75, 3.05) is 7.11 Å². The van der Waals surface area contributed by atoms with Crippen LogP contribution in [0.4, 0.5) is 0 Å². The van der Waals surface area contributed by atoms with E-state index >= 15 is 0 Å². The molecule has 3 nitrogen and oxygen atoms in total. The highest BCUT2D eigenvalue weighted by molar-refractivity contribution is 5.20. The third-order valence-corrected chi connectivity index (χ3v) is 3.81. The van der Waals surface area contributed by atoms with E-state index in [2.05, 4.69) is 24.1 Å². The van der Waals surface area contributed by atoms with Crippen LogP contribution in [0.5, 0.6) is 5.88 Å². The van der Waals surface area contributed by atoms with Crippen LogP contribution in [0.15, 0.2) is 18.3 Å². The van der Waals surface area contributed by atoms with Crippen LogP contribution in [0.1, 0.15) is 45.1 Å². The molecule has 0 aromatic carbocycles. The van der Waals surface area contributed by atoms with E-state index in [1.165, 1.54) is 31.2 Å². The maximum Gasteiger partial charge on any atom is 0.213 e. The van der Waals surface area contributed by atoms with Crippen LogP contribution in [-0.2, 0) is 6.54 Å². The number of aromatic nitrogens is 1. The quantitative estimate of drug-likeness (QED) is 0.888. The molecule has 0 saturated heterocycles. The zero-order chi connectivity index (χ0) is 13.0. The van der Waals surface area contributed by atoms with Gasteiger partial charge in [-0.05, 0) is 36.3 Å². The van der Waals surface area contributed by atoms with Gasteiger partial charge in [0.15, 0.2) is 0 Å². The number of pyridine rings is 1. The van der Waals surface area contributed by atoms with Crippen LogP contribution in [0, 0.1) is 5.41 Å². The van der Waals surface area contributed by atoms with Gasteiger partial charge < -0.3 is 10.1 Å². The largest absolute Gasteiger partial charge is 0.481 e.